The molecule has 0 aliphatic carbocycles. The highest BCUT2D eigenvalue weighted by Gasteiger charge is 2.37. The van der Waals surface area contributed by atoms with Gasteiger partial charge in [-0.25, -0.2) is 8.42 Å². The number of hydrogen-bond donors (Lipinski definition) is 4. The summed E-state index contributed by atoms with van der Waals surface area (Å²) in [5.74, 6) is -0.876. The van der Waals surface area contributed by atoms with Crippen molar-refractivity contribution in [3.8, 4) is 0 Å². The summed E-state index contributed by atoms with van der Waals surface area (Å²) in [5, 5.41) is 21.8. The van der Waals surface area contributed by atoms with Gasteiger partial charge in [-0.15, -0.1) is 0 Å². The lowest BCUT2D eigenvalue weighted by Crippen LogP contribution is -2.59. The molecule has 3 atom stereocenters. The number of aliphatic hydroxyl groups excluding tert-OH is 1. The number of aliphatic hydroxyl groups is 1. The van der Waals surface area contributed by atoms with E-state index >= 15 is 0 Å². The summed E-state index contributed by atoms with van der Waals surface area (Å²) >= 11 is 0. The molecular weight excluding hydrogens is 663 g/mol. The van der Waals surface area contributed by atoms with Gasteiger partial charge in [-0.1, -0.05) is 107 Å². The first kappa shape index (κ1) is 39.6. The summed E-state index contributed by atoms with van der Waals surface area (Å²) in [6, 6.07) is 25.8. The first-order valence-electron chi connectivity index (χ1n) is 17.4. The number of hydrogen-bond acceptors (Lipinski definition) is 7. The van der Waals surface area contributed by atoms with Crippen LogP contribution >= 0.6 is 0 Å². The summed E-state index contributed by atoms with van der Waals surface area (Å²) in [7, 11) is -4.05. The number of sulfonamides is 1. The Kier molecular flexibility index (Phi) is 13.1. The number of aromatic nitrogens is 1. The monoisotopic (exact) mass is 715 g/mol. The molecule has 1 heterocycles. The Hall–Kier alpha value is -4.16. The number of carbonyl (C=O) groups excluding carboxylic acids is 2. The van der Waals surface area contributed by atoms with E-state index in [-0.39, 0.29) is 42.8 Å². The van der Waals surface area contributed by atoms with Gasteiger partial charge in [-0.3, -0.25) is 19.9 Å². The van der Waals surface area contributed by atoms with Gasteiger partial charge in [0.05, 0.1) is 29.1 Å². The van der Waals surface area contributed by atoms with Crippen molar-refractivity contribution in [2.24, 2.45) is 11.3 Å². The fraction of sp³-hybridized carbons (Fsp3) is 0.425. The molecule has 0 unspecified atom stereocenters. The third kappa shape index (κ3) is 10.9. The van der Waals surface area contributed by atoms with Crippen LogP contribution in [-0.2, 0) is 31.6 Å². The maximum absolute atomic E-state index is 14.1. The van der Waals surface area contributed by atoms with Gasteiger partial charge in [-0.05, 0) is 60.9 Å². The molecule has 0 aliphatic heterocycles. The van der Waals surface area contributed by atoms with Crippen LogP contribution in [0.15, 0.2) is 102 Å². The molecule has 0 bridgehead atoms. The molecule has 0 spiro atoms. The van der Waals surface area contributed by atoms with Gasteiger partial charge in [0.2, 0.25) is 21.8 Å². The summed E-state index contributed by atoms with van der Waals surface area (Å²) in [6.45, 7) is 13.2. The largest absolute Gasteiger partial charge is 0.390 e. The van der Waals surface area contributed by atoms with E-state index in [4.69, 9.17) is 0 Å². The van der Waals surface area contributed by atoms with Gasteiger partial charge < -0.3 is 15.7 Å². The highest BCUT2D eigenvalue weighted by atomic mass is 32.2. The van der Waals surface area contributed by atoms with E-state index in [0.29, 0.717) is 5.52 Å². The van der Waals surface area contributed by atoms with Gasteiger partial charge in [0.25, 0.3) is 0 Å². The first-order chi connectivity index (χ1) is 24.0. The Balaban J connectivity index is 1.56. The normalized spacial score (nSPS) is 14.3. The zero-order valence-electron chi connectivity index (χ0n) is 30.8. The first-order valence-corrected chi connectivity index (χ1v) is 18.9. The molecule has 0 radical (unpaired) electrons. The highest BCUT2D eigenvalue weighted by Crippen LogP contribution is 2.24. The van der Waals surface area contributed by atoms with E-state index in [0.717, 1.165) is 16.5 Å². The van der Waals surface area contributed by atoms with Crippen molar-refractivity contribution in [2.75, 3.05) is 19.6 Å². The summed E-state index contributed by atoms with van der Waals surface area (Å²) in [4.78, 5) is 31.7. The number of carbonyl (C=O) groups is 2. The summed E-state index contributed by atoms with van der Waals surface area (Å²) in [6.07, 6.45) is 0.562. The molecule has 0 aliphatic rings. The van der Waals surface area contributed by atoms with E-state index in [1.807, 2.05) is 115 Å². The van der Waals surface area contributed by atoms with E-state index in [2.05, 4.69) is 20.9 Å². The number of pyridine rings is 1. The average molecular weight is 716 g/mol. The minimum atomic E-state index is -4.05. The van der Waals surface area contributed by atoms with Crippen molar-refractivity contribution in [3.63, 3.8) is 0 Å². The SMILES string of the molecule is CC(C)CN(C[C@@H](O)[C@H](Cc1ccccc1)NC(=O)[C@@H](NC(=O)CNC(C)(C)c1ccccc1)C(C)(C)C)S(=O)(=O)c1ccc2cccnc2c1. The quantitative estimate of drug-likeness (QED) is 0.128. The topological polar surface area (TPSA) is 141 Å². The van der Waals surface area contributed by atoms with Crippen molar-refractivity contribution in [1.29, 1.82) is 0 Å². The molecule has 11 heteroatoms. The second-order valence-corrected chi connectivity index (χ2v) is 17.1. The number of amides is 2. The maximum Gasteiger partial charge on any atom is 0.243 e. The summed E-state index contributed by atoms with van der Waals surface area (Å²) < 4.78 is 29.4. The number of benzene rings is 3. The zero-order valence-corrected chi connectivity index (χ0v) is 31.6. The fourth-order valence-corrected chi connectivity index (χ4v) is 7.57. The van der Waals surface area contributed by atoms with Gasteiger partial charge in [0, 0.05) is 30.2 Å². The third-order valence-corrected chi connectivity index (χ3v) is 10.7. The Morgan fingerprint density at radius 3 is 2.12 bits per heavy atom. The van der Waals surface area contributed by atoms with Crippen LogP contribution in [-0.4, -0.2) is 72.4 Å². The second-order valence-electron chi connectivity index (χ2n) is 15.2. The number of nitrogens with one attached hydrogen (secondary N) is 3. The highest BCUT2D eigenvalue weighted by molar-refractivity contribution is 7.89. The fourth-order valence-electron chi connectivity index (χ4n) is 5.93. The van der Waals surface area contributed by atoms with Crippen LogP contribution in [0.3, 0.4) is 0 Å². The molecule has 4 rings (SSSR count). The van der Waals surface area contributed by atoms with Gasteiger partial charge >= 0.3 is 0 Å². The van der Waals surface area contributed by atoms with E-state index in [9.17, 15) is 23.1 Å². The minimum Gasteiger partial charge on any atom is -0.390 e. The molecule has 10 nitrogen and oxygen atoms in total. The molecular formula is C40H53N5O5S. The smallest absolute Gasteiger partial charge is 0.243 e. The van der Waals surface area contributed by atoms with Crippen molar-refractivity contribution in [2.45, 2.75) is 83.5 Å². The number of rotatable bonds is 16. The zero-order chi connectivity index (χ0) is 37.4. The third-order valence-electron chi connectivity index (χ3n) is 8.89. The van der Waals surface area contributed by atoms with Crippen LogP contribution in [0.25, 0.3) is 10.9 Å². The van der Waals surface area contributed by atoms with Crippen LogP contribution in [0.5, 0.6) is 0 Å². The molecule has 0 fully saturated rings. The molecule has 0 saturated carbocycles. The Morgan fingerprint density at radius 2 is 1.49 bits per heavy atom. The second kappa shape index (κ2) is 16.9. The molecule has 3 aromatic carbocycles. The standard InChI is InChI=1S/C40H53N5O5S/c1-28(2)26-45(51(49,50)32-21-20-30-17-14-22-41-33(30)24-32)27-35(46)34(23-29-15-10-8-11-16-29)43-38(48)37(39(3,4)5)44-36(47)25-42-40(6,7)31-18-12-9-13-19-31/h8-22,24,28,34-35,37,42,46H,23,25-27H2,1-7H3,(H,43,48)(H,44,47)/t34-,35+,37+/m0/s1. The van der Waals surface area contributed by atoms with E-state index in [1.54, 1.807) is 30.5 Å². The molecule has 0 saturated heterocycles. The maximum atomic E-state index is 14.1. The van der Waals surface area contributed by atoms with Crippen LogP contribution in [0, 0.1) is 11.3 Å². The molecule has 274 valence electrons. The van der Waals surface area contributed by atoms with Crippen molar-refractivity contribution >= 4 is 32.7 Å². The van der Waals surface area contributed by atoms with E-state index < -0.39 is 45.1 Å². The molecule has 2 amide bonds. The lowest BCUT2D eigenvalue weighted by Gasteiger charge is -2.35. The Bertz CT molecular complexity index is 1860. The average Bonchev–Trinajstić information content (AvgIpc) is 3.09. The number of nitrogens with zero attached hydrogens (tertiary/aromatic N) is 2. The van der Waals surface area contributed by atoms with Crippen LogP contribution in [0.4, 0.5) is 0 Å². The van der Waals surface area contributed by atoms with Gasteiger partial charge in [-0.2, -0.15) is 4.31 Å². The van der Waals surface area contributed by atoms with Crippen molar-refractivity contribution in [1.82, 2.24) is 25.2 Å². The predicted octanol–water partition coefficient (Wildman–Crippen LogP) is 5.03. The van der Waals surface area contributed by atoms with Gasteiger partial charge in [0.15, 0.2) is 0 Å². The minimum absolute atomic E-state index is 0.0237. The van der Waals surface area contributed by atoms with Gasteiger partial charge in [0.1, 0.15) is 6.04 Å². The summed E-state index contributed by atoms with van der Waals surface area (Å²) in [5.41, 5.74) is 1.24. The van der Waals surface area contributed by atoms with Crippen LogP contribution in [0.1, 0.15) is 59.6 Å². The predicted molar refractivity (Wildman–Crippen MR) is 202 cm³/mol. The molecule has 51 heavy (non-hydrogen) atoms. The molecule has 4 N–H and O–H groups in total. The van der Waals surface area contributed by atoms with Crippen molar-refractivity contribution < 1.29 is 23.1 Å². The lowest BCUT2D eigenvalue weighted by atomic mass is 9.85. The Labute approximate surface area is 303 Å². The Morgan fingerprint density at radius 1 is 0.843 bits per heavy atom. The van der Waals surface area contributed by atoms with Crippen molar-refractivity contribution in [3.05, 3.63) is 108 Å². The lowest BCUT2D eigenvalue weighted by molar-refractivity contribution is -0.132. The molecule has 1 aromatic heterocycles. The molecule has 4 aromatic rings. The van der Waals surface area contributed by atoms with Crippen LogP contribution in [0.2, 0.25) is 0 Å². The van der Waals surface area contributed by atoms with E-state index in [1.165, 1.54) is 4.31 Å². The van der Waals surface area contributed by atoms with Crippen LogP contribution < -0.4 is 16.0 Å². The number of fused-ring (bicyclic) bond motifs is 1.